The van der Waals surface area contributed by atoms with E-state index in [1.807, 2.05) is 47.6 Å². The first-order valence-corrected chi connectivity index (χ1v) is 11.4. The summed E-state index contributed by atoms with van der Waals surface area (Å²) >= 11 is 0. The second kappa shape index (κ2) is 8.72. The van der Waals surface area contributed by atoms with Crippen LogP contribution in [0.25, 0.3) is 27.5 Å². The molecule has 0 atom stereocenters. The first-order chi connectivity index (χ1) is 16.9. The van der Waals surface area contributed by atoms with Gasteiger partial charge in [0.1, 0.15) is 0 Å². The molecule has 0 fully saturated rings. The minimum absolute atomic E-state index is 1.02. The van der Waals surface area contributed by atoms with Crippen molar-refractivity contribution in [3.8, 4) is 5.69 Å². The smallest absolute Gasteiger partial charge is 0.0652 e. The first-order valence-electron chi connectivity index (χ1n) is 11.4. The van der Waals surface area contributed by atoms with Crippen molar-refractivity contribution in [2.24, 2.45) is 5.10 Å². The number of benzene rings is 5. The number of anilines is 2. The normalized spacial score (nSPS) is 11.4. The lowest BCUT2D eigenvalue weighted by Gasteiger charge is -2.19. The van der Waals surface area contributed by atoms with Gasteiger partial charge in [0, 0.05) is 16.5 Å². The van der Waals surface area contributed by atoms with Crippen LogP contribution in [0.2, 0.25) is 0 Å². The maximum atomic E-state index is 4.89. The Balaban J connectivity index is 1.46. The monoisotopic (exact) mass is 437 g/mol. The molecule has 6 aromatic rings. The zero-order valence-electron chi connectivity index (χ0n) is 18.6. The molecule has 0 unspecified atom stereocenters. The molecular weight excluding hydrogens is 414 g/mol. The van der Waals surface area contributed by atoms with Gasteiger partial charge >= 0.3 is 0 Å². The minimum Gasteiger partial charge on any atom is -0.309 e. The summed E-state index contributed by atoms with van der Waals surface area (Å²) < 4.78 is 2.33. The van der Waals surface area contributed by atoms with E-state index >= 15 is 0 Å². The minimum atomic E-state index is 1.02. The van der Waals surface area contributed by atoms with Crippen LogP contribution in [-0.4, -0.2) is 10.8 Å². The van der Waals surface area contributed by atoms with Gasteiger partial charge < -0.3 is 4.57 Å². The molecule has 34 heavy (non-hydrogen) atoms. The van der Waals surface area contributed by atoms with Crippen LogP contribution in [0.4, 0.5) is 11.4 Å². The Morgan fingerprint density at radius 3 is 1.76 bits per heavy atom. The highest BCUT2D eigenvalue weighted by atomic mass is 15.5. The third kappa shape index (κ3) is 3.63. The number of hydrogen-bond donors (Lipinski definition) is 0. The second-order valence-corrected chi connectivity index (χ2v) is 8.19. The summed E-state index contributed by atoms with van der Waals surface area (Å²) in [6.45, 7) is 0. The van der Waals surface area contributed by atoms with E-state index in [-0.39, 0.29) is 0 Å². The van der Waals surface area contributed by atoms with Crippen molar-refractivity contribution in [2.45, 2.75) is 0 Å². The van der Waals surface area contributed by atoms with Gasteiger partial charge in [-0.1, -0.05) is 78.9 Å². The van der Waals surface area contributed by atoms with Gasteiger partial charge in [0.25, 0.3) is 0 Å². The fourth-order valence-corrected chi connectivity index (χ4v) is 4.47. The van der Waals surface area contributed by atoms with E-state index in [2.05, 4.69) is 102 Å². The molecule has 3 nitrogen and oxygen atoms in total. The van der Waals surface area contributed by atoms with Crippen LogP contribution in [-0.2, 0) is 0 Å². The van der Waals surface area contributed by atoms with Crippen LogP contribution in [0.3, 0.4) is 0 Å². The van der Waals surface area contributed by atoms with E-state index in [4.69, 9.17) is 5.10 Å². The SMILES string of the molecule is C(=NN(c1ccccc1)c1ccccc1)c1ccc2c(c1)c1ccccc1n2-c1ccccc1. The van der Waals surface area contributed by atoms with Crippen LogP contribution in [0.1, 0.15) is 5.56 Å². The highest BCUT2D eigenvalue weighted by Gasteiger charge is 2.12. The number of aromatic nitrogens is 1. The standard InChI is InChI=1S/C31H23N3/c1-4-12-25(13-5-1)33-30-19-11-10-18-28(30)29-22-24(20-21-31(29)33)23-32-34(26-14-6-2-7-15-26)27-16-8-3-9-17-27/h1-23H. The van der Waals surface area contributed by atoms with Crippen molar-refractivity contribution in [1.29, 1.82) is 0 Å². The Morgan fingerprint density at radius 1 is 0.529 bits per heavy atom. The lowest BCUT2D eigenvalue weighted by atomic mass is 10.1. The molecule has 0 aliphatic carbocycles. The lowest BCUT2D eigenvalue weighted by molar-refractivity contribution is 1.09. The van der Waals surface area contributed by atoms with E-state index in [1.165, 1.54) is 21.8 Å². The molecule has 1 aromatic heterocycles. The summed E-state index contributed by atoms with van der Waals surface area (Å²) in [5.74, 6) is 0. The van der Waals surface area contributed by atoms with Crippen molar-refractivity contribution in [3.63, 3.8) is 0 Å². The molecule has 5 aromatic carbocycles. The number of fused-ring (bicyclic) bond motifs is 3. The number of rotatable bonds is 5. The molecule has 1 heterocycles. The molecule has 0 aliphatic heterocycles. The number of hydrogen-bond acceptors (Lipinski definition) is 2. The predicted molar refractivity (Wildman–Crippen MR) is 143 cm³/mol. The summed E-state index contributed by atoms with van der Waals surface area (Å²) in [5, 5.41) is 9.31. The molecule has 162 valence electrons. The van der Waals surface area contributed by atoms with Crippen molar-refractivity contribution in [1.82, 2.24) is 4.57 Å². The maximum absolute atomic E-state index is 4.89. The molecule has 0 amide bonds. The summed E-state index contributed by atoms with van der Waals surface area (Å²) in [5.41, 5.74) is 6.65. The molecule has 0 saturated heterocycles. The molecule has 0 radical (unpaired) electrons. The topological polar surface area (TPSA) is 20.5 Å². The first kappa shape index (κ1) is 20.0. The molecule has 0 spiro atoms. The van der Waals surface area contributed by atoms with Crippen molar-refractivity contribution >= 4 is 39.4 Å². The molecule has 0 aliphatic rings. The maximum Gasteiger partial charge on any atom is 0.0652 e. The Labute approximate surface area is 198 Å². The van der Waals surface area contributed by atoms with Crippen LogP contribution in [0, 0.1) is 0 Å². The second-order valence-electron chi connectivity index (χ2n) is 8.19. The molecule has 0 bridgehead atoms. The van der Waals surface area contributed by atoms with Gasteiger partial charge in [-0.2, -0.15) is 5.10 Å². The Morgan fingerprint density at radius 2 is 1.09 bits per heavy atom. The fourth-order valence-electron chi connectivity index (χ4n) is 4.47. The van der Waals surface area contributed by atoms with Gasteiger partial charge in [-0.3, -0.25) is 0 Å². The van der Waals surface area contributed by atoms with Crippen molar-refractivity contribution < 1.29 is 0 Å². The van der Waals surface area contributed by atoms with Gasteiger partial charge in [-0.25, -0.2) is 5.01 Å². The fraction of sp³-hybridized carbons (Fsp3) is 0. The molecule has 6 rings (SSSR count). The summed E-state index contributed by atoms with van der Waals surface area (Å²) in [6, 6.07) is 46.1. The average molecular weight is 438 g/mol. The summed E-state index contributed by atoms with van der Waals surface area (Å²) in [6.07, 6.45) is 1.94. The van der Waals surface area contributed by atoms with Crippen molar-refractivity contribution in [3.05, 3.63) is 139 Å². The third-order valence-electron chi connectivity index (χ3n) is 6.03. The molecule has 3 heteroatoms. The zero-order chi connectivity index (χ0) is 22.7. The van der Waals surface area contributed by atoms with Crippen molar-refractivity contribution in [2.75, 3.05) is 5.01 Å². The number of nitrogens with zero attached hydrogens (tertiary/aromatic N) is 3. The van der Waals surface area contributed by atoms with E-state index < -0.39 is 0 Å². The molecule has 0 N–H and O–H groups in total. The largest absolute Gasteiger partial charge is 0.309 e. The highest BCUT2D eigenvalue weighted by molar-refractivity contribution is 6.10. The summed E-state index contributed by atoms with van der Waals surface area (Å²) in [4.78, 5) is 0. The average Bonchev–Trinajstić information content (AvgIpc) is 3.24. The van der Waals surface area contributed by atoms with E-state index in [1.54, 1.807) is 0 Å². The Kier molecular flexibility index (Phi) is 5.13. The Bertz CT molecular complexity index is 1540. The van der Waals surface area contributed by atoms with E-state index in [9.17, 15) is 0 Å². The van der Waals surface area contributed by atoms with Crippen LogP contribution >= 0.6 is 0 Å². The Hall–Kier alpha value is -4.63. The number of para-hydroxylation sites is 4. The quantitative estimate of drug-likeness (QED) is 0.198. The summed E-state index contributed by atoms with van der Waals surface area (Å²) in [7, 11) is 0. The number of hydrazone groups is 1. The predicted octanol–water partition coefficient (Wildman–Crippen LogP) is 7.96. The van der Waals surface area contributed by atoms with Gasteiger partial charge in [-0.05, 0) is 60.2 Å². The van der Waals surface area contributed by atoms with Gasteiger partial charge in [0.15, 0.2) is 0 Å². The van der Waals surface area contributed by atoms with Gasteiger partial charge in [0.2, 0.25) is 0 Å². The van der Waals surface area contributed by atoms with E-state index in [0.717, 1.165) is 22.6 Å². The third-order valence-corrected chi connectivity index (χ3v) is 6.03. The van der Waals surface area contributed by atoms with Crippen LogP contribution in [0.5, 0.6) is 0 Å². The molecular formula is C31H23N3. The van der Waals surface area contributed by atoms with Crippen LogP contribution in [0.15, 0.2) is 139 Å². The van der Waals surface area contributed by atoms with E-state index in [0.29, 0.717) is 0 Å². The van der Waals surface area contributed by atoms with Crippen LogP contribution < -0.4 is 5.01 Å². The lowest BCUT2D eigenvalue weighted by Crippen LogP contribution is -2.09. The zero-order valence-corrected chi connectivity index (χ0v) is 18.6. The van der Waals surface area contributed by atoms with Gasteiger partial charge in [-0.15, -0.1) is 0 Å². The van der Waals surface area contributed by atoms with Gasteiger partial charge in [0.05, 0.1) is 28.6 Å². The molecule has 0 saturated carbocycles. The highest BCUT2D eigenvalue weighted by Crippen LogP contribution is 2.32.